The second-order valence-corrected chi connectivity index (χ2v) is 6.86. The predicted octanol–water partition coefficient (Wildman–Crippen LogP) is 2.94. The molecule has 5 heteroatoms. The number of rotatable bonds is 3. The van der Waals surface area contributed by atoms with Gasteiger partial charge >= 0.3 is 6.09 Å². The van der Waals surface area contributed by atoms with Crippen molar-refractivity contribution in [3.8, 4) is 0 Å². The van der Waals surface area contributed by atoms with Crippen LogP contribution >= 0.6 is 0 Å². The zero-order valence-corrected chi connectivity index (χ0v) is 13.5. The number of nitrogens with zero attached hydrogens (tertiary/aromatic N) is 2. The van der Waals surface area contributed by atoms with E-state index in [2.05, 4.69) is 4.98 Å². The fraction of sp³-hybridized carbons (Fsp3) is 0.588. The van der Waals surface area contributed by atoms with Gasteiger partial charge in [-0.05, 0) is 45.2 Å². The number of hydrogen-bond donors (Lipinski definition) is 0. The average molecular weight is 304 g/mol. The Labute approximate surface area is 131 Å². The lowest BCUT2D eigenvalue weighted by atomic mass is 9.71. The molecule has 2 heterocycles. The average Bonchev–Trinajstić information content (AvgIpc) is 2.47. The van der Waals surface area contributed by atoms with E-state index >= 15 is 0 Å². The molecule has 0 aliphatic carbocycles. The van der Waals surface area contributed by atoms with Crippen LogP contribution in [0.4, 0.5) is 4.79 Å². The normalized spacial score (nSPS) is 17.9. The number of amides is 1. The first kappa shape index (κ1) is 16.5. The Morgan fingerprint density at radius 2 is 2.09 bits per heavy atom. The van der Waals surface area contributed by atoms with Crippen LogP contribution in [-0.2, 0) is 14.9 Å². The minimum atomic E-state index is -0.488. The van der Waals surface area contributed by atoms with Crippen LogP contribution in [0.25, 0.3) is 0 Å². The minimum absolute atomic E-state index is 0.214. The Balaban J connectivity index is 2.07. The highest BCUT2D eigenvalue weighted by molar-refractivity contribution is 5.68. The van der Waals surface area contributed by atoms with Crippen molar-refractivity contribution >= 4 is 12.4 Å². The van der Waals surface area contributed by atoms with Crippen LogP contribution in [0.5, 0.6) is 0 Å². The van der Waals surface area contributed by atoms with Gasteiger partial charge in [0.25, 0.3) is 0 Å². The van der Waals surface area contributed by atoms with Gasteiger partial charge in [0, 0.05) is 37.3 Å². The van der Waals surface area contributed by atoms with Gasteiger partial charge in [-0.15, -0.1) is 0 Å². The van der Waals surface area contributed by atoms with E-state index in [1.165, 1.54) is 0 Å². The highest BCUT2D eigenvalue weighted by atomic mass is 16.6. The summed E-state index contributed by atoms with van der Waals surface area (Å²) in [6, 6.07) is 3.90. The van der Waals surface area contributed by atoms with Crippen molar-refractivity contribution in [2.24, 2.45) is 0 Å². The molecule has 120 valence electrons. The second-order valence-electron chi connectivity index (χ2n) is 6.86. The second kappa shape index (κ2) is 6.46. The van der Waals surface area contributed by atoms with E-state index in [0.717, 1.165) is 24.7 Å². The van der Waals surface area contributed by atoms with Gasteiger partial charge in [0.1, 0.15) is 11.9 Å². The van der Waals surface area contributed by atoms with Gasteiger partial charge in [0.2, 0.25) is 0 Å². The summed E-state index contributed by atoms with van der Waals surface area (Å²) in [6.07, 6.45) is 6.20. The predicted molar refractivity (Wildman–Crippen MR) is 83.6 cm³/mol. The van der Waals surface area contributed by atoms with Gasteiger partial charge in [0.05, 0.1) is 0 Å². The molecule has 1 aromatic rings. The van der Waals surface area contributed by atoms with Crippen LogP contribution in [0.2, 0.25) is 0 Å². The lowest BCUT2D eigenvalue weighted by molar-refractivity contribution is -0.109. The Morgan fingerprint density at radius 3 is 2.59 bits per heavy atom. The SMILES string of the molecule is CC(C)(C)OC(=O)N1CCC(CC=O)(c2cccnc2)CC1. The summed E-state index contributed by atoms with van der Waals surface area (Å²) in [5.74, 6) is 0. The van der Waals surface area contributed by atoms with E-state index in [0.29, 0.717) is 19.5 Å². The number of ether oxygens (including phenoxy) is 1. The molecule has 5 nitrogen and oxygen atoms in total. The molecule has 2 rings (SSSR count). The maximum absolute atomic E-state index is 12.1. The number of pyridine rings is 1. The molecule has 0 aromatic carbocycles. The third-order valence-electron chi connectivity index (χ3n) is 4.12. The number of likely N-dealkylation sites (tertiary alicyclic amines) is 1. The van der Waals surface area contributed by atoms with Crippen LogP contribution in [0, 0.1) is 0 Å². The summed E-state index contributed by atoms with van der Waals surface area (Å²) >= 11 is 0. The molecular formula is C17H24N2O3. The smallest absolute Gasteiger partial charge is 0.410 e. The molecule has 1 saturated heterocycles. The van der Waals surface area contributed by atoms with Crippen molar-refractivity contribution in [3.05, 3.63) is 30.1 Å². The monoisotopic (exact) mass is 304 g/mol. The van der Waals surface area contributed by atoms with E-state index in [-0.39, 0.29) is 11.5 Å². The number of hydrogen-bond acceptors (Lipinski definition) is 4. The maximum atomic E-state index is 12.1. The van der Waals surface area contributed by atoms with Crippen molar-refractivity contribution in [3.63, 3.8) is 0 Å². The molecule has 1 fully saturated rings. The quantitative estimate of drug-likeness (QED) is 0.806. The fourth-order valence-corrected chi connectivity index (χ4v) is 2.89. The van der Waals surface area contributed by atoms with Crippen LogP contribution in [0.1, 0.15) is 45.6 Å². The first-order valence-corrected chi connectivity index (χ1v) is 7.68. The number of aromatic nitrogens is 1. The summed E-state index contributed by atoms with van der Waals surface area (Å²) in [7, 11) is 0. The molecule has 1 aromatic heterocycles. The Kier molecular flexibility index (Phi) is 4.84. The fourth-order valence-electron chi connectivity index (χ4n) is 2.89. The number of piperidine rings is 1. The Bertz CT molecular complexity index is 514. The summed E-state index contributed by atoms with van der Waals surface area (Å²) in [6.45, 7) is 6.78. The van der Waals surface area contributed by atoms with E-state index < -0.39 is 5.60 Å². The molecule has 0 radical (unpaired) electrons. The summed E-state index contributed by atoms with van der Waals surface area (Å²) in [5.41, 5.74) is 0.373. The number of carbonyl (C=O) groups excluding carboxylic acids is 2. The third kappa shape index (κ3) is 3.84. The molecule has 0 saturated carbocycles. The largest absolute Gasteiger partial charge is 0.444 e. The summed E-state index contributed by atoms with van der Waals surface area (Å²) in [5, 5.41) is 0. The van der Waals surface area contributed by atoms with Gasteiger partial charge in [-0.1, -0.05) is 6.07 Å². The van der Waals surface area contributed by atoms with Crippen molar-refractivity contribution in [2.75, 3.05) is 13.1 Å². The molecule has 0 N–H and O–H groups in total. The van der Waals surface area contributed by atoms with Crippen molar-refractivity contribution in [1.29, 1.82) is 0 Å². The zero-order chi connectivity index (χ0) is 16.2. The van der Waals surface area contributed by atoms with E-state index in [9.17, 15) is 9.59 Å². The van der Waals surface area contributed by atoms with Crippen LogP contribution in [0.15, 0.2) is 24.5 Å². The minimum Gasteiger partial charge on any atom is -0.444 e. The molecule has 1 aliphatic rings. The van der Waals surface area contributed by atoms with Crippen molar-refractivity contribution in [2.45, 2.75) is 51.0 Å². The van der Waals surface area contributed by atoms with E-state index in [1.54, 1.807) is 11.1 Å². The molecule has 22 heavy (non-hydrogen) atoms. The van der Waals surface area contributed by atoms with E-state index in [4.69, 9.17) is 4.74 Å². The lowest BCUT2D eigenvalue weighted by Gasteiger charge is -2.41. The zero-order valence-electron chi connectivity index (χ0n) is 13.5. The van der Waals surface area contributed by atoms with Crippen LogP contribution in [0.3, 0.4) is 0 Å². The van der Waals surface area contributed by atoms with Gasteiger partial charge in [-0.25, -0.2) is 4.79 Å². The molecule has 0 unspecified atom stereocenters. The van der Waals surface area contributed by atoms with Crippen LogP contribution in [-0.4, -0.2) is 41.0 Å². The Morgan fingerprint density at radius 1 is 1.41 bits per heavy atom. The third-order valence-corrected chi connectivity index (χ3v) is 4.12. The topological polar surface area (TPSA) is 59.5 Å². The molecule has 0 atom stereocenters. The number of carbonyl (C=O) groups is 2. The van der Waals surface area contributed by atoms with E-state index in [1.807, 2.05) is 39.1 Å². The van der Waals surface area contributed by atoms with Crippen LogP contribution < -0.4 is 0 Å². The molecule has 1 aliphatic heterocycles. The molecule has 0 spiro atoms. The summed E-state index contributed by atoms with van der Waals surface area (Å²) in [4.78, 5) is 29.2. The van der Waals surface area contributed by atoms with Gasteiger partial charge in [-0.2, -0.15) is 0 Å². The van der Waals surface area contributed by atoms with Gasteiger partial charge in [-0.3, -0.25) is 4.98 Å². The maximum Gasteiger partial charge on any atom is 0.410 e. The first-order valence-electron chi connectivity index (χ1n) is 7.68. The van der Waals surface area contributed by atoms with Gasteiger partial charge < -0.3 is 14.4 Å². The Hall–Kier alpha value is -1.91. The summed E-state index contributed by atoms with van der Waals surface area (Å²) < 4.78 is 5.42. The van der Waals surface area contributed by atoms with Crippen molar-refractivity contribution in [1.82, 2.24) is 9.88 Å². The van der Waals surface area contributed by atoms with Crippen molar-refractivity contribution < 1.29 is 14.3 Å². The molecule has 1 amide bonds. The lowest BCUT2D eigenvalue weighted by Crippen LogP contribution is -2.47. The van der Waals surface area contributed by atoms with Gasteiger partial charge in [0.15, 0.2) is 0 Å². The first-order chi connectivity index (χ1) is 10.4. The highest BCUT2D eigenvalue weighted by Crippen LogP contribution is 2.37. The number of aldehydes is 1. The highest BCUT2D eigenvalue weighted by Gasteiger charge is 2.38. The standard InChI is InChI=1S/C17H24N2O3/c1-16(2,3)22-15(21)19-10-6-17(7-11-19,8-12-20)14-5-4-9-18-13-14/h4-5,9,12-13H,6-8,10-11H2,1-3H3. The molecule has 0 bridgehead atoms. The molecular weight excluding hydrogens is 280 g/mol.